The van der Waals surface area contributed by atoms with Crippen molar-refractivity contribution in [3.63, 3.8) is 0 Å². The van der Waals surface area contributed by atoms with Crippen LogP contribution in [-0.2, 0) is 9.59 Å². The van der Waals surface area contributed by atoms with Crippen LogP contribution in [0.1, 0.15) is 30.1 Å². The molecule has 0 radical (unpaired) electrons. The van der Waals surface area contributed by atoms with Crippen LogP contribution in [0.15, 0.2) is 24.3 Å². The molecule has 0 saturated carbocycles. The van der Waals surface area contributed by atoms with Crippen molar-refractivity contribution in [2.24, 2.45) is 5.92 Å². The molecule has 1 aromatic rings. The molecule has 1 aromatic carbocycles. The van der Waals surface area contributed by atoms with Crippen LogP contribution in [0.5, 0.6) is 0 Å². The zero-order valence-electron chi connectivity index (χ0n) is 11.8. The van der Waals surface area contributed by atoms with Gasteiger partial charge in [0.1, 0.15) is 0 Å². The molecule has 1 aliphatic rings. The molecule has 0 bridgehead atoms. The Morgan fingerprint density at radius 1 is 1.38 bits per heavy atom. The molecule has 2 rings (SSSR count). The smallest absolute Gasteiger partial charge is 0.308 e. The van der Waals surface area contributed by atoms with Gasteiger partial charge in [0.2, 0.25) is 5.91 Å². The quantitative estimate of drug-likeness (QED) is 0.881. The largest absolute Gasteiger partial charge is 0.481 e. The molecule has 1 aliphatic heterocycles. The van der Waals surface area contributed by atoms with Gasteiger partial charge in [-0.25, -0.2) is 0 Å². The van der Waals surface area contributed by atoms with Gasteiger partial charge in [0, 0.05) is 30.8 Å². The lowest BCUT2D eigenvalue weighted by atomic mass is 10.1. The van der Waals surface area contributed by atoms with Crippen molar-refractivity contribution in [3.05, 3.63) is 29.8 Å². The number of carboxylic acid groups (broad SMARTS) is 1. The number of likely N-dealkylation sites (tertiary alicyclic amines) is 1. The Morgan fingerprint density at radius 3 is 2.76 bits per heavy atom. The summed E-state index contributed by atoms with van der Waals surface area (Å²) < 4.78 is 0. The molecule has 6 nitrogen and oxygen atoms in total. The van der Waals surface area contributed by atoms with E-state index in [0.717, 1.165) is 0 Å². The fourth-order valence-electron chi connectivity index (χ4n) is 2.31. The van der Waals surface area contributed by atoms with Crippen molar-refractivity contribution in [1.82, 2.24) is 4.90 Å². The molecule has 1 fully saturated rings. The Hall–Kier alpha value is -2.37. The first-order chi connectivity index (χ1) is 10.0. The van der Waals surface area contributed by atoms with Crippen LogP contribution in [0.4, 0.5) is 5.69 Å². The molecular formula is C15H18N2O4. The number of nitrogens with one attached hydrogen (secondary N) is 1. The van der Waals surface area contributed by atoms with Crippen molar-refractivity contribution in [3.8, 4) is 0 Å². The predicted octanol–water partition coefficient (Wildman–Crippen LogP) is 1.58. The highest BCUT2D eigenvalue weighted by Crippen LogP contribution is 2.20. The third-order valence-electron chi connectivity index (χ3n) is 3.54. The van der Waals surface area contributed by atoms with E-state index in [0.29, 0.717) is 30.6 Å². The maximum atomic E-state index is 12.3. The van der Waals surface area contributed by atoms with Crippen LogP contribution in [0.25, 0.3) is 0 Å². The Bertz CT molecular complexity index is 571. The predicted molar refractivity (Wildman–Crippen MR) is 77.0 cm³/mol. The van der Waals surface area contributed by atoms with E-state index in [1.165, 1.54) is 0 Å². The van der Waals surface area contributed by atoms with Gasteiger partial charge in [-0.05, 0) is 24.6 Å². The molecule has 2 N–H and O–H groups in total. The van der Waals surface area contributed by atoms with Crippen molar-refractivity contribution in [1.29, 1.82) is 0 Å². The summed E-state index contributed by atoms with van der Waals surface area (Å²) in [5, 5.41) is 11.7. The van der Waals surface area contributed by atoms with Crippen molar-refractivity contribution in [2.45, 2.75) is 19.8 Å². The topological polar surface area (TPSA) is 86.7 Å². The summed E-state index contributed by atoms with van der Waals surface area (Å²) in [7, 11) is 0. The molecular weight excluding hydrogens is 272 g/mol. The summed E-state index contributed by atoms with van der Waals surface area (Å²) in [5.74, 6) is -1.68. The van der Waals surface area contributed by atoms with E-state index in [1.54, 1.807) is 36.1 Å². The first-order valence-electron chi connectivity index (χ1n) is 6.93. The minimum Gasteiger partial charge on any atom is -0.481 e. The Morgan fingerprint density at radius 2 is 2.14 bits per heavy atom. The summed E-state index contributed by atoms with van der Waals surface area (Å²) in [6.45, 7) is 2.43. The zero-order valence-corrected chi connectivity index (χ0v) is 11.8. The number of carbonyl (C=O) groups excluding carboxylic acids is 2. The molecule has 0 aliphatic carbocycles. The number of hydrogen-bond donors (Lipinski definition) is 2. The van der Waals surface area contributed by atoms with E-state index < -0.39 is 11.9 Å². The highest BCUT2D eigenvalue weighted by Gasteiger charge is 2.31. The molecule has 0 aromatic heterocycles. The molecule has 21 heavy (non-hydrogen) atoms. The molecule has 0 spiro atoms. The van der Waals surface area contributed by atoms with E-state index in [-0.39, 0.29) is 18.4 Å². The number of carboxylic acids is 1. The van der Waals surface area contributed by atoms with Gasteiger partial charge in [-0.1, -0.05) is 13.0 Å². The van der Waals surface area contributed by atoms with Crippen LogP contribution < -0.4 is 5.32 Å². The van der Waals surface area contributed by atoms with E-state index in [4.69, 9.17) is 5.11 Å². The average molecular weight is 290 g/mol. The standard InChI is InChI=1S/C15H18N2O4/c1-2-13(18)16-12-5-3-4-10(8-12)14(19)17-7-6-11(9-17)15(20)21/h3-5,8,11H,2,6-7,9H2,1H3,(H,16,18)(H,20,21). The lowest BCUT2D eigenvalue weighted by Gasteiger charge is -2.16. The number of nitrogens with zero attached hydrogens (tertiary/aromatic N) is 1. The number of benzene rings is 1. The minimum atomic E-state index is -0.866. The Balaban J connectivity index is 2.08. The van der Waals surface area contributed by atoms with Gasteiger partial charge < -0.3 is 15.3 Å². The fourth-order valence-corrected chi connectivity index (χ4v) is 2.31. The lowest BCUT2D eigenvalue weighted by molar-refractivity contribution is -0.141. The normalized spacial score (nSPS) is 17.6. The van der Waals surface area contributed by atoms with Gasteiger partial charge in [0.25, 0.3) is 5.91 Å². The number of carbonyl (C=O) groups is 3. The second-order valence-electron chi connectivity index (χ2n) is 5.06. The second-order valence-corrected chi connectivity index (χ2v) is 5.06. The third kappa shape index (κ3) is 3.59. The number of anilines is 1. The maximum Gasteiger partial charge on any atom is 0.308 e. The van der Waals surface area contributed by atoms with Gasteiger partial charge in [-0.3, -0.25) is 14.4 Å². The maximum absolute atomic E-state index is 12.3. The fraction of sp³-hybridized carbons (Fsp3) is 0.400. The van der Waals surface area contributed by atoms with Gasteiger partial charge in [0.05, 0.1) is 5.92 Å². The summed E-state index contributed by atoms with van der Waals surface area (Å²) in [6.07, 6.45) is 0.845. The lowest BCUT2D eigenvalue weighted by Crippen LogP contribution is -2.30. The average Bonchev–Trinajstić information content (AvgIpc) is 2.96. The van der Waals surface area contributed by atoms with Crippen LogP contribution in [0, 0.1) is 5.92 Å². The van der Waals surface area contributed by atoms with Crippen molar-refractivity contribution < 1.29 is 19.5 Å². The number of aliphatic carboxylic acids is 1. The minimum absolute atomic E-state index is 0.119. The zero-order chi connectivity index (χ0) is 15.4. The van der Waals surface area contributed by atoms with Gasteiger partial charge in [-0.15, -0.1) is 0 Å². The van der Waals surface area contributed by atoms with Crippen LogP contribution >= 0.6 is 0 Å². The van der Waals surface area contributed by atoms with Crippen molar-refractivity contribution in [2.75, 3.05) is 18.4 Å². The summed E-state index contributed by atoms with van der Waals surface area (Å²) >= 11 is 0. The first kappa shape index (κ1) is 15.0. The van der Waals surface area contributed by atoms with E-state index >= 15 is 0 Å². The molecule has 1 atom stereocenters. The van der Waals surface area contributed by atoms with Gasteiger partial charge in [-0.2, -0.15) is 0 Å². The number of hydrogen-bond acceptors (Lipinski definition) is 3. The second kappa shape index (κ2) is 6.39. The van der Waals surface area contributed by atoms with Crippen LogP contribution in [0.3, 0.4) is 0 Å². The molecule has 1 saturated heterocycles. The monoisotopic (exact) mass is 290 g/mol. The third-order valence-corrected chi connectivity index (χ3v) is 3.54. The van der Waals surface area contributed by atoms with Crippen molar-refractivity contribution >= 4 is 23.5 Å². The highest BCUT2D eigenvalue weighted by molar-refractivity contribution is 5.97. The summed E-state index contributed by atoms with van der Waals surface area (Å²) in [6, 6.07) is 6.69. The van der Waals surface area contributed by atoms with E-state index in [2.05, 4.69) is 5.32 Å². The highest BCUT2D eigenvalue weighted by atomic mass is 16.4. The molecule has 1 heterocycles. The molecule has 1 unspecified atom stereocenters. The van der Waals surface area contributed by atoms with Crippen LogP contribution in [-0.4, -0.2) is 40.9 Å². The summed E-state index contributed by atoms with van der Waals surface area (Å²) in [4.78, 5) is 36.2. The van der Waals surface area contributed by atoms with Gasteiger partial charge in [0.15, 0.2) is 0 Å². The first-order valence-corrected chi connectivity index (χ1v) is 6.93. The van der Waals surface area contributed by atoms with E-state index in [9.17, 15) is 14.4 Å². The van der Waals surface area contributed by atoms with Gasteiger partial charge >= 0.3 is 5.97 Å². The number of rotatable bonds is 4. The Kier molecular flexibility index (Phi) is 4.57. The van der Waals surface area contributed by atoms with Crippen LogP contribution in [0.2, 0.25) is 0 Å². The SMILES string of the molecule is CCC(=O)Nc1cccc(C(=O)N2CCC(C(=O)O)C2)c1. The molecule has 6 heteroatoms. The Labute approximate surface area is 122 Å². The van der Waals surface area contributed by atoms with E-state index in [1.807, 2.05) is 0 Å². The molecule has 112 valence electrons. The molecule has 2 amide bonds. The number of amides is 2. The summed E-state index contributed by atoms with van der Waals surface area (Å²) in [5.41, 5.74) is 1.02.